The number of nitrogens with two attached hydrogens (primary N) is 2. The zero-order valence-electron chi connectivity index (χ0n) is 35.9. The molecule has 0 fully saturated rings. The lowest BCUT2D eigenvalue weighted by Crippen LogP contribution is -2.39. The van der Waals surface area contributed by atoms with Crippen molar-refractivity contribution in [1.82, 2.24) is 34.5 Å². The van der Waals surface area contributed by atoms with Gasteiger partial charge in [-0.2, -0.15) is 31.4 Å². The van der Waals surface area contributed by atoms with Crippen molar-refractivity contribution >= 4 is 54.1 Å². The normalized spacial score (nSPS) is 11.7. The highest BCUT2D eigenvalue weighted by molar-refractivity contribution is 6.76. The Hall–Kier alpha value is -7.20. The van der Waals surface area contributed by atoms with Crippen LogP contribution in [0, 0.1) is 0 Å². The van der Waals surface area contributed by atoms with Crippen molar-refractivity contribution in [3.8, 4) is 0 Å². The number of amides is 4. The van der Waals surface area contributed by atoms with Gasteiger partial charge < -0.3 is 31.3 Å². The molecule has 0 bridgehead atoms. The molecule has 4 heterocycles. The van der Waals surface area contributed by atoms with Crippen LogP contribution in [0.3, 0.4) is 0 Å². The first kappa shape index (κ1) is 49.8. The Morgan fingerprint density at radius 2 is 1.18 bits per heavy atom. The number of carbonyl (C=O) groups excluding carboxylic acids is 4. The topological polar surface area (TPSA) is 205 Å². The molecule has 6 rings (SSSR count). The fourth-order valence-corrected chi connectivity index (χ4v) is 6.84. The van der Waals surface area contributed by atoms with Gasteiger partial charge in [0, 0.05) is 40.2 Å². The van der Waals surface area contributed by atoms with Gasteiger partial charge in [-0.15, -0.1) is 0 Å². The van der Waals surface area contributed by atoms with Gasteiger partial charge in [0.05, 0.1) is 64.6 Å². The van der Waals surface area contributed by atoms with Crippen molar-refractivity contribution in [2.24, 2.45) is 5.73 Å². The van der Waals surface area contributed by atoms with E-state index in [1.807, 2.05) is 0 Å². The molecule has 0 aliphatic heterocycles. The summed E-state index contributed by atoms with van der Waals surface area (Å²) in [4.78, 5) is 63.8. The van der Waals surface area contributed by atoms with Crippen molar-refractivity contribution in [1.29, 1.82) is 0 Å². The summed E-state index contributed by atoms with van der Waals surface area (Å²) in [5, 5.41) is 7.41. The van der Waals surface area contributed by atoms with Crippen LogP contribution in [0.25, 0.3) is 10.9 Å². The predicted molar refractivity (Wildman–Crippen MR) is 234 cm³/mol. The SMILES string of the molecule is C[Si](C)(C)CCOCn1ncc2c(N)ncc(NC(=O)C(=O)N(Cc3ccccc3)Cc3ccc(C(F)(F)F)cn3)c21.NC(=O)C(=O)N(Cc1ccccc1)Cc1ccc(C(F)(F)F)cn1. The second-order valence-electron chi connectivity index (χ2n) is 16.0. The van der Waals surface area contributed by atoms with Crippen LogP contribution in [0.2, 0.25) is 25.7 Å². The summed E-state index contributed by atoms with van der Waals surface area (Å²) in [5.41, 5.74) is 11.8. The molecule has 2 aromatic carbocycles. The van der Waals surface area contributed by atoms with Gasteiger partial charge in [0.15, 0.2) is 0 Å². The Bertz CT molecular complexity index is 2590. The molecule has 15 nitrogen and oxygen atoms in total. The molecular weight excluding hydrogens is 891 g/mol. The van der Waals surface area contributed by atoms with Crippen molar-refractivity contribution < 1.29 is 50.3 Å². The molecule has 66 heavy (non-hydrogen) atoms. The number of benzene rings is 2. The largest absolute Gasteiger partial charge is 0.417 e. The van der Waals surface area contributed by atoms with Crippen LogP contribution in [-0.4, -0.2) is 72.8 Å². The lowest BCUT2D eigenvalue weighted by molar-refractivity contribution is -0.145. The van der Waals surface area contributed by atoms with Gasteiger partial charge in [0.25, 0.3) is 0 Å². The third-order valence-electron chi connectivity index (χ3n) is 9.58. The molecule has 0 spiro atoms. The summed E-state index contributed by atoms with van der Waals surface area (Å²) in [7, 11) is -1.30. The Kier molecular flexibility index (Phi) is 16.3. The fraction of sp³-hybridized carbons (Fsp3) is 0.273. The Morgan fingerprint density at radius 1 is 0.682 bits per heavy atom. The molecule has 4 aromatic heterocycles. The van der Waals surface area contributed by atoms with E-state index in [9.17, 15) is 45.5 Å². The average molecular weight is 937 g/mol. The maximum Gasteiger partial charge on any atom is 0.417 e. The van der Waals surface area contributed by atoms with Crippen LogP contribution in [0.15, 0.2) is 110 Å². The van der Waals surface area contributed by atoms with E-state index in [-0.39, 0.29) is 55.8 Å². The number of carbonyl (C=O) groups is 4. The quantitative estimate of drug-likeness (QED) is 0.0441. The number of ether oxygens (including phenoxy) is 1. The highest BCUT2D eigenvalue weighted by Crippen LogP contribution is 2.30. The first-order chi connectivity index (χ1) is 31.1. The Morgan fingerprint density at radius 3 is 1.62 bits per heavy atom. The number of hydrogen-bond donors (Lipinski definition) is 3. The van der Waals surface area contributed by atoms with Gasteiger partial charge in [-0.3, -0.25) is 29.1 Å². The lowest BCUT2D eigenvalue weighted by Gasteiger charge is -2.22. The van der Waals surface area contributed by atoms with Crippen molar-refractivity contribution in [2.45, 2.75) is 70.9 Å². The number of anilines is 2. The molecule has 0 atom stereocenters. The number of primary amides is 1. The van der Waals surface area contributed by atoms with Crippen LogP contribution in [0.1, 0.15) is 33.6 Å². The highest BCUT2D eigenvalue weighted by atomic mass is 28.3. The first-order valence-electron chi connectivity index (χ1n) is 20.1. The molecule has 0 saturated heterocycles. The molecule has 5 N–H and O–H groups in total. The number of rotatable bonds is 14. The van der Waals surface area contributed by atoms with E-state index in [4.69, 9.17) is 16.2 Å². The second kappa shape index (κ2) is 21.7. The van der Waals surface area contributed by atoms with Gasteiger partial charge in [0.2, 0.25) is 0 Å². The summed E-state index contributed by atoms with van der Waals surface area (Å²) < 4.78 is 84.0. The molecule has 0 unspecified atom stereocenters. The maximum atomic E-state index is 13.4. The summed E-state index contributed by atoms with van der Waals surface area (Å²) in [6.45, 7) is 7.16. The molecule has 0 radical (unpaired) electrons. The monoisotopic (exact) mass is 936 g/mol. The molecule has 6 aromatic rings. The minimum Gasteiger partial charge on any atom is -0.383 e. The second-order valence-corrected chi connectivity index (χ2v) is 21.6. The molecule has 4 amide bonds. The number of hydrogen-bond acceptors (Lipinski definition) is 10. The summed E-state index contributed by atoms with van der Waals surface area (Å²) >= 11 is 0. The van der Waals surface area contributed by atoms with E-state index in [2.05, 4.69) is 45.0 Å². The number of nitrogens with zero attached hydrogens (tertiary/aromatic N) is 7. The van der Waals surface area contributed by atoms with Gasteiger partial charge in [0.1, 0.15) is 12.5 Å². The third kappa shape index (κ3) is 14.4. The standard InChI is InChI=1S/C28H32F3N7O3Si.C16H14F3N3O2/c1-42(2,3)12-11-41-18-38-24-22(14-35-38)25(32)34-15-23(24)36-26(39)27(40)37(16-19-7-5-4-6-8-19)17-21-10-9-20(13-33-21)28(29,30)31;17-16(18,19)12-6-7-13(21-8-12)10-22(15(24)14(20)23)9-11-4-2-1-3-5-11/h4-10,13-15H,11-12,16-18H2,1-3H3,(H2,32,34)(H,36,39);1-8H,9-10H2,(H2,20,23). The van der Waals surface area contributed by atoms with E-state index in [0.717, 1.165) is 40.3 Å². The maximum absolute atomic E-state index is 13.4. The van der Waals surface area contributed by atoms with Crippen molar-refractivity contribution in [3.63, 3.8) is 0 Å². The minimum atomic E-state index is -4.55. The average Bonchev–Trinajstić information content (AvgIpc) is 3.70. The fourth-order valence-electron chi connectivity index (χ4n) is 6.08. The van der Waals surface area contributed by atoms with Gasteiger partial charge in [-0.05, 0) is 41.4 Å². The van der Waals surface area contributed by atoms with E-state index < -0.39 is 55.2 Å². The molecular formula is C44H46F6N10O5Si. The zero-order valence-corrected chi connectivity index (χ0v) is 36.9. The van der Waals surface area contributed by atoms with Gasteiger partial charge in [-0.25, -0.2) is 9.67 Å². The molecule has 0 saturated carbocycles. The summed E-state index contributed by atoms with van der Waals surface area (Å²) in [6.07, 6.45) is -4.81. The van der Waals surface area contributed by atoms with Gasteiger partial charge >= 0.3 is 36.0 Å². The van der Waals surface area contributed by atoms with Crippen LogP contribution in [0.4, 0.5) is 37.8 Å². The minimum absolute atomic E-state index is 0.0219. The summed E-state index contributed by atoms with van der Waals surface area (Å²) in [6, 6.07) is 22.8. The predicted octanol–water partition coefficient (Wildman–Crippen LogP) is 7.02. The van der Waals surface area contributed by atoms with Crippen molar-refractivity contribution in [3.05, 3.63) is 143 Å². The lowest BCUT2D eigenvalue weighted by atomic mass is 10.2. The van der Waals surface area contributed by atoms with Crippen LogP contribution >= 0.6 is 0 Å². The van der Waals surface area contributed by atoms with Crippen LogP contribution < -0.4 is 16.8 Å². The number of pyridine rings is 3. The number of aromatic nitrogens is 5. The number of halogens is 6. The summed E-state index contributed by atoms with van der Waals surface area (Å²) in [5.74, 6) is -3.76. The highest BCUT2D eigenvalue weighted by Gasteiger charge is 2.32. The molecule has 22 heteroatoms. The van der Waals surface area contributed by atoms with E-state index >= 15 is 0 Å². The number of nitrogen functional groups attached to an aromatic ring is 1. The van der Waals surface area contributed by atoms with E-state index in [1.165, 1.54) is 28.0 Å². The zero-order chi connectivity index (χ0) is 48.2. The molecule has 0 aliphatic carbocycles. The van der Waals surface area contributed by atoms with Crippen molar-refractivity contribution in [2.75, 3.05) is 17.7 Å². The van der Waals surface area contributed by atoms with Gasteiger partial charge in [-0.1, -0.05) is 80.3 Å². The Balaban J connectivity index is 0.000000288. The number of alkyl halides is 6. The third-order valence-corrected chi connectivity index (χ3v) is 11.3. The van der Waals surface area contributed by atoms with Crippen LogP contribution in [0.5, 0.6) is 0 Å². The first-order valence-corrected chi connectivity index (χ1v) is 23.8. The van der Waals surface area contributed by atoms with E-state index in [0.29, 0.717) is 29.9 Å². The van der Waals surface area contributed by atoms with Crippen LogP contribution in [-0.2, 0) is 69.2 Å². The molecule has 0 aliphatic rings. The number of fused-ring (bicyclic) bond motifs is 1. The molecule has 348 valence electrons. The number of nitrogens with one attached hydrogen (secondary N) is 1. The Labute approximate surface area is 375 Å². The smallest absolute Gasteiger partial charge is 0.383 e. The van der Waals surface area contributed by atoms with E-state index in [1.54, 1.807) is 60.7 Å².